The predicted octanol–water partition coefficient (Wildman–Crippen LogP) is 3.45. The lowest BCUT2D eigenvalue weighted by atomic mass is 9.89. The van der Waals surface area contributed by atoms with E-state index in [1.54, 1.807) is 7.11 Å². The molecule has 4 heteroatoms. The molecule has 1 heterocycles. The van der Waals surface area contributed by atoms with E-state index in [2.05, 4.69) is 27.3 Å². The Balaban J connectivity index is 1.66. The van der Waals surface area contributed by atoms with E-state index in [0.717, 1.165) is 23.8 Å². The van der Waals surface area contributed by atoms with Crippen LogP contribution < -0.4 is 4.74 Å². The first kappa shape index (κ1) is 13.2. The van der Waals surface area contributed by atoms with E-state index in [4.69, 9.17) is 4.74 Å². The van der Waals surface area contributed by atoms with Crippen molar-refractivity contribution in [3.05, 3.63) is 41.5 Å². The van der Waals surface area contributed by atoms with Crippen LogP contribution in [0.2, 0.25) is 0 Å². The van der Waals surface area contributed by atoms with Crippen molar-refractivity contribution in [2.75, 3.05) is 7.11 Å². The maximum Gasteiger partial charge on any atom is 0.153 e. The lowest BCUT2D eigenvalue weighted by Crippen LogP contribution is -2.06. The molecule has 0 aliphatic heterocycles. The van der Waals surface area contributed by atoms with Crippen molar-refractivity contribution < 1.29 is 4.74 Å². The minimum atomic E-state index is 0.560. The highest BCUT2D eigenvalue weighted by Crippen LogP contribution is 2.30. The van der Waals surface area contributed by atoms with Crippen LogP contribution in [0.15, 0.2) is 24.3 Å². The molecule has 0 radical (unpaired) electrons. The monoisotopic (exact) mass is 271 g/mol. The molecule has 1 aromatic carbocycles. The number of rotatable bonds is 4. The van der Waals surface area contributed by atoms with Crippen molar-refractivity contribution in [1.29, 1.82) is 0 Å². The average molecular weight is 271 g/mol. The second-order valence-electron chi connectivity index (χ2n) is 5.50. The van der Waals surface area contributed by atoms with Crippen LogP contribution in [-0.2, 0) is 6.42 Å². The Bertz CT molecular complexity index is 541. The molecule has 0 atom stereocenters. The number of methoxy groups -OCH3 is 1. The van der Waals surface area contributed by atoms with Gasteiger partial charge in [-0.3, -0.25) is 5.10 Å². The molecule has 4 nitrogen and oxygen atoms in total. The summed E-state index contributed by atoms with van der Waals surface area (Å²) >= 11 is 0. The quantitative estimate of drug-likeness (QED) is 0.926. The molecule has 0 spiro atoms. The van der Waals surface area contributed by atoms with Gasteiger partial charge < -0.3 is 4.74 Å². The van der Waals surface area contributed by atoms with Crippen LogP contribution >= 0.6 is 0 Å². The Morgan fingerprint density at radius 2 is 1.90 bits per heavy atom. The second kappa shape index (κ2) is 6.07. The van der Waals surface area contributed by atoms with Crippen molar-refractivity contribution >= 4 is 0 Å². The number of benzene rings is 1. The zero-order valence-corrected chi connectivity index (χ0v) is 11.9. The molecule has 1 N–H and O–H groups in total. The summed E-state index contributed by atoms with van der Waals surface area (Å²) in [5.41, 5.74) is 1.22. The third-order valence-corrected chi connectivity index (χ3v) is 4.05. The Kier molecular flexibility index (Phi) is 4.00. The lowest BCUT2D eigenvalue weighted by molar-refractivity contribution is 0.414. The van der Waals surface area contributed by atoms with Crippen molar-refractivity contribution in [2.24, 2.45) is 0 Å². The van der Waals surface area contributed by atoms with Gasteiger partial charge in [0, 0.05) is 12.3 Å². The average Bonchev–Trinajstić information content (AvgIpc) is 2.97. The zero-order chi connectivity index (χ0) is 13.8. The van der Waals surface area contributed by atoms with Gasteiger partial charge in [-0.25, -0.2) is 4.98 Å². The van der Waals surface area contributed by atoms with Gasteiger partial charge in [0.1, 0.15) is 11.6 Å². The number of aromatic nitrogens is 3. The van der Waals surface area contributed by atoms with E-state index < -0.39 is 0 Å². The normalized spacial score (nSPS) is 16.2. The summed E-state index contributed by atoms with van der Waals surface area (Å²) in [4.78, 5) is 4.67. The Labute approximate surface area is 119 Å². The summed E-state index contributed by atoms with van der Waals surface area (Å²) < 4.78 is 5.17. The molecule has 1 fully saturated rings. The van der Waals surface area contributed by atoms with E-state index in [9.17, 15) is 0 Å². The molecule has 0 bridgehead atoms. The van der Waals surface area contributed by atoms with Crippen LogP contribution in [-0.4, -0.2) is 22.3 Å². The number of nitrogens with zero attached hydrogens (tertiary/aromatic N) is 2. The highest BCUT2D eigenvalue weighted by atomic mass is 16.5. The molecule has 0 amide bonds. The Hall–Kier alpha value is -1.84. The summed E-state index contributed by atoms with van der Waals surface area (Å²) in [5, 5.41) is 7.50. The molecular weight excluding hydrogens is 250 g/mol. The van der Waals surface area contributed by atoms with Crippen molar-refractivity contribution in [1.82, 2.24) is 15.2 Å². The summed E-state index contributed by atoms with van der Waals surface area (Å²) in [5.74, 6) is 3.41. The second-order valence-corrected chi connectivity index (χ2v) is 5.50. The van der Waals surface area contributed by atoms with Crippen LogP contribution in [0.3, 0.4) is 0 Å². The van der Waals surface area contributed by atoms with Gasteiger partial charge in [0.15, 0.2) is 5.82 Å². The summed E-state index contributed by atoms with van der Waals surface area (Å²) in [6.45, 7) is 0. The first-order valence-corrected chi connectivity index (χ1v) is 7.39. The Morgan fingerprint density at radius 3 is 2.60 bits per heavy atom. The smallest absolute Gasteiger partial charge is 0.153 e. The number of hydrogen-bond acceptors (Lipinski definition) is 3. The fourth-order valence-electron chi connectivity index (χ4n) is 2.87. The van der Waals surface area contributed by atoms with Gasteiger partial charge >= 0.3 is 0 Å². The van der Waals surface area contributed by atoms with Crippen LogP contribution in [0.4, 0.5) is 0 Å². The van der Waals surface area contributed by atoms with Crippen LogP contribution in [0.25, 0.3) is 0 Å². The molecule has 0 unspecified atom stereocenters. The number of aromatic amines is 1. The highest BCUT2D eigenvalue weighted by molar-refractivity contribution is 5.28. The third-order valence-electron chi connectivity index (χ3n) is 4.05. The maximum atomic E-state index is 5.17. The first-order valence-electron chi connectivity index (χ1n) is 7.39. The van der Waals surface area contributed by atoms with Crippen molar-refractivity contribution in [3.63, 3.8) is 0 Å². The van der Waals surface area contributed by atoms with E-state index in [0.29, 0.717) is 5.92 Å². The molecular formula is C16H21N3O. The Morgan fingerprint density at radius 1 is 1.15 bits per heavy atom. The molecule has 106 valence electrons. The molecule has 1 aromatic heterocycles. The number of H-pyrrole nitrogens is 1. The standard InChI is InChI=1S/C16H21N3O/c1-20-14-9-7-12(8-10-14)11-15-17-16(19-18-15)13-5-3-2-4-6-13/h7-10,13H,2-6,11H2,1H3,(H,17,18,19). The van der Waals surface area contributed by atoms with Gasteiger partial charge in [-0.1, -0.05) is 31.4 Å². The first-order chi connectivity index (χ1) is 9.85. The zero-order valence-electron chi connectivity index (χ0n) is 11.9. The number of hydrogen-bond donors (Lipinski definition) is 1. The minimum Gasteiger partial charge on any atom is -0.497 e. The topological polar surface area (TPSA) is 50.8 Å². The molecule has 20 heavy (non-hydrogen) atoms. The molecule has 3 rings (SSSR count). The lowest BCUT2D eigenvalue weighted by Gasteiger charge is -2.18. The van der Waals surface area contributed by atoms with Crippen molar-refractivity contribution in [3.8, 4) is 5.75 Å². The fourth-order valence-corrected chi connectivity index (χ4v) is 2.87. The van der Waals surface area contributed by atoms with Gasteiger partial charge in [-0.05, 0) is 30.5 Å². The molecule has 1 aliphatic carbocycles. The van der Waals surface area contributed by atoms with E-state index >= 15 is 0 Å². The largest absolute Gasteiger partial charge is 0.497 e. The molecule has 1 aliphatic rings. The van der Waals surface area contributed by atoms with Gasteiger partial charge in [-0.2, -0.15) is 5.10 Å². The molecule has 0 saturated heterocycles. The van der Waals surface area contributed by atoms with E-state index in [-0.39, 0.29) is 0 Å². The third kappa shape index (κ3) is 3.00. The van der Waals surface area contributed by atoms with Crippen LogP contribution in [0.5, 0.6) is 5.75 Å². The van der Waals surface area contributed by atoms with E-state index in [1.807, 2.05) is 12.1 Å². The molecule has 1 saturated carbocycles. The summed E-state index contributed by atoms with van der Waals surface area (Å²) in [6.07, 6.45) is 7.25. The summed E-state index contributed by atoms with van der Waals surface area (Å²) in [6, 6.07) is 8.10. The van der Waals surface area contributed by atoms with Crippen LogP contribution in [0, 0.1) is 0 Å². The minimum absolute atomic E-state index is 0.560. The van der Waals surface area contributed by atoms with Gasteiger partial charge in [0.25, 0.3) is 0 Å². The van der Waals surface area contributed by atoms with Crippen molar-refractivity contribution in [2.45, 2.75) is 44.4 Å². The number of nitrogens with one attached hydrogen (secondary N) is 1. The summed E-state index contributed by atoms with van der Waals surface area (Å²) in [7, 11) is 1.68. The predicted molar refractivity (Wildman–Crippen MR) is 78.0 cm³/mol. The fraction of sp³-hybridized carbons (Fsp3) is 0.500. The van der Waals surface area contributed by atoms with Gasteiger partial charge in [0.05, 0.1) is 7.11 Å². The maximum absolute atomic E-state index is 5.17. The highest BCUT2D eigenvalue weighted by Gasteiger charge is 2.19. The van der Waals surface area contributed by atoms with Gasteiger partial charge in [0.2, 0.25) is 0 Å². The van der Waals surface area contributed by atoms with E-state index in [1.165, 1.54) is 37.7 Å². The van der Waals surface area contributed by atoms with Crippen LogP contribution in [0.1, 0.15) is 55.2 Å². The number of ether oxygens (including phenoxy) is 1. The molecule has 2 aromatic rings. The SMILES string of the molecule is COc1ccc(Cc2nc(C3CCCCC3)n[nH]2)cc1. The van der Waals surface area contributed by atoms with Gasteiger partial charge in [-0.15, -0.1) is 0 Å².